The van der Waals surface area contributed by atoms with Crippen LogP contribution in [0.3, 0.4) is 0 Å². The van der Waals surface area contributed by atoms with Gasteiger partial charge in [0.1, 0.15) is 11.5 Å². The monoisotopic (exact) mass is 256 g/mol. The Morgan fingerprint density at radius 3 is 1.63 bits per heavy atom. The lowest BCUT2D eigenvalue weighted by atomic mass is 9.87. The lowest BCUT2D eigenvalue weighted by Crippen LogP contribution is -1.96. The molecule has 2 N–H and O–H groups in total. The summed E-state index contributed by atoms with van der Waals surface area (Å²) in [7, 11) is 0. The zero-order valence-electron chi connectivity index (χ0n) is 12.1. The third kappa shape index (κ3) is 2.19. The maximum atomic E-state index is 9.89. The van der Waals surface area contributed by atoms with Crippen LogP contribution in [0.15, 0.2) is 18.2 Å². The molecule has 0 fully saturated rings. The Morgan fingerprint density at radius 1 is 0.632 bits per heavy atom. The van der Waals surface area contributed by atoms with Gasteiger partial charge in [0.05, 0.1) is 0 Å². The van der Waals surface area contributed by atoms with E-state index in [-0.39, 0.29) is 0 Å². The average molecular weight is 256 g/mol. The van der Waals surface area contributed by atoms with Crippen LogP contribution >= 0.6 is 0 Å². The summed E-state index contributed by atoms with van der Waals surface area (Å²) in [6, 6.07) is 5.37. The lowest BCUT2D eigenvalue weighted by Gasteiger charge is -2.18. The number of phenols is 2. The van der Waals surface area contributed by atoms with Gasteiger partial charge in [0, 0.05) is 0 Å². The zero-order chi connectivity index (χ0) is 14.3. The first-order valence-electron chi connectivity index (χ1n) is 6.43. The van der Waals surface area contributed by atoms with Crippen molar-refractivity contribution in [3.05, 3.63) is 46.0 Å². The number of hydrogen-bond acceptors (Lipinski definition) is 2. The fraction of sp³-hybridized carbons (Fsp3) is 0.294. The molecule has 0 radical (unpaired) electrons. The van der Waals surface area contributed by atoms with Crippen LogP contribution in [0.2, 0.25) is 0 Å². The van der Waals surface area contributed by atoms with Crippen LogP contribution in [0.4, 0.5) is 0 Å². The molecule has 0 spiro atoms. The molecule has 0 amide bonds. The first-order chi connectivity index (χ1) is 8.82. The highest BCUT2D eigenvalue weighted by atomic mass is 16.3. The molecular formula is C17H20O2. The number of benzene rings is 2. The van der Waals surface area contributed by atoms with Crippen LogP contribution in [0.5, 0.6) is 11.5 Å². The van der Waals surface area contributed by atoms with Gasteiger partial charge >= 0.3 is 0 Å². The molecule has 19 heavy (non-hydrogen) atoms. The molecule has 0 bridgehead atoms. The summed E-state index contributed by atoms with van der Waals surface area (Å²) in [5.74, 6) is 0.636. The minimum absolute atomic E-state index is 0.296. The molecule has 0 unspecified atom stereocenters. The van der Waals surface area contributed by atoms with Gasteiger partial charge < -0.3 is 10.2 Å². The molecule has 0 atom stereocenters. The third-order valence-corrected chi connectivity index (χ3v) is 3.84. The van der Waals surface area contributed by atoms with E-state index in [0.717, 1.165) is 38.9 Å². The van der Waals surface area contributed by atoms with E-state index in [4.69, 9.17) is 0 Å². The van der Waals surface area contributed by atoms with Gasteiger partial charge in [-0.05, 0) is 91.8 Å². The molecule has 0 aromatic heterocycles. The zero-order valence-corrected chi connectivity index (χ0v) is 12.1. The SMILES string of the molecule is Cc1cc(O)cc(C)c1-c1c(C)cc(O)c(C)c1C. The van der Waals surface area contributed by atoms with Gasteiger partial charge in [0.25, 0.3) is 0 Å². The molecule has 0 aliphatic rings. The highest BCUT2D eigenvalue weighted by Gasteiger charge is 2.15. The Balaban J connectivity index is 2.84. The van der Waals surface area contributed by atoms with Gasteiger partial charge in [-0.2, -0.15) is 0 Å². The normalized spacial score (nSPS) is 10.8. The average Bonchev–Trinajstić information content (AvgIpc) is 2.29. The molecule has 0 saturated carbocycles. The fourth-order valence-corrected chi connectivity index (χ4v) is 2.78. The summed E-state index contributed by atoms with van der Waals surface area (Å²) in [5.41, 5.74) is 7.46. The molecule has 0 heterocycles. The number of hydrogen-bond donors (Lipinski definition) is 2. The maximum absolute atomic E-state index is 9.89. The van der Waals surface area contributed by atoms with Crippen LogP contribution in [0.1, 0.15) is 27.8 Å². The van der Waals surface area contributed by atoms with Crippen molar-refractivity contribution in [3.63, 3.8) is 0 Å². The Hall–Kier alpha value is -1.96. The summed E-state index contributed by atoms with van der Waals surface area (Å²) in [6.45, 7) is 9.97. The minimum Gasteiger partial charge on any atom is -0.508 e. The van der Waals surface area contributed by atoms with E-state index in [1.54, 1.807) is 12.1 Å². The van der Waals surface area contributed by atoms with E-state index in [9.17, 15) is 10.2 Å². The molecule has 0 saturated heterocycles. The highest BCUT2D eigenvalue weighted by molar-refractivity contribution is 5.79. The highest BCUT2D eigenvalue weighted by Crippen LogP contribution is 2.38. The van der Waals surface area contributed by atoms with E-state index in [1.807, 2.05) is 40.7 Å². The van der Waals surface area contributed by atoms with Crippen molar-refractivity contribution in [3.8, 4) is 22.6 Å². The molecule has 2 aromatic carbocycles. The van der Waals surface area contributed by atoms with Gasteiger partial charge in [-0.1, -0.05) is 0 Å². The van der Waals surface area contributed by atoms with Gasteiger partial charge in [0.2, 0.25) is 0 Å². The summed E-state index contributed by atoms with van der Waals surface area (Å²) in [4.78, 5) is 0. The van der Waals surface area contributed by atoms with E-state index in [2.05, 4.69) is 0 Å². The first kappa shape index (κ1) is 13.5. The molecule has 0 aliphatic heterocycles. The summed E-state index contributed by atoms with van der Waals surface area (Å²) in [6.07, 6.45) is 0. The van der Waals surface area contributed by atoms with Crippen molar-refractivity contribution in [1.29, 1.82) is 0 Å². The first-order valence-corrected chi connectivity index (χ1v) is 6.43. The smallest absolute Gasteiger partial charge is 0.119 e. The quantitative estimate of drug-likeness (QED) is 0.798. The van der Waals surface area contributed by atoms with Gasteiger partial charge in [0.15, 0.2) is 0 Å². The number of phenolic OH excluding ortho intramolecular Hbond substituents is 2. The second-order valence-electron chi connectivity index (χ2n) is 5.29. The standard InChI is InChI=1S/C17H20O2/c1-9-6-14(18)7-10(2)16(9)17-11(3)8-15(19)12(4)13(17)5/h6-8,18-19H,1-5H3. The largest absolute Gasteiger partial charge is 0.508 e. The van der Waals surface area contributed by atoms with E-state index in [0.29, 0.717) is 11.5 Å². The third-order valence-electron chi connectivity index (χ3n) is 3.84. The molecule has 100 valence electrons. The van der Waals surface area contributed by atoms with Crippen molar-refractivity contribution < 1.29 is 10.2 Å². The Morgan fingerprint density at radius 2 is 1.11 bits per heavy atom. The summed E-state index contributed by atoms with van der Waals surface area (Å²) >= 11 is 0. The molecule has 2 nitrogen and oxygen atoms in total. The predicted octanol–water partition coefficient (Wildman–Crippen LogP) is 4.31. The van der Waals surface area contributed by atoms with Gasteiger partial charge in [-0.3, -0.25) is 0 Å². The van der Waals surface area contributed by atoms with Crippen molar-refractivity contribution >= 4 is 0 Å². The minimum atomic E-state index is 0.296. The molecular weight excluding hydrogens is 236 g/mol. The molecule has 2 heteroatoms. The van der Waals surface area contributed by atoms with Crippen LogP contribution in [-0.2, 0) is 0 Å². The Bertz CT molecular complexity index is 632. The topological polar surface area (TPSA) is 40.5 Å². The van der Waals surface area contributed by atoms with E-state index >= 15 is 0 Å². The summed E-state index contributed by atoms with van der Waals surface area (Å²) in [5, 5.41) is 19.6. The van der Waals surface area contributed by atoms with Gasteiger partial charge in [-0.15, -0.1) is 0 Å². The van der Waals surface area contributed by atoms with Crippen molar-refractivity contribution in [2.45, 2.75) is 34.6 Å². The fourth-order valence-electron chi connectivity index (χ4n) is 2.78. The van der Waals surface area contributed by atoms with Crippen LogP contribution in [0.25, 0.3) is 11.1 Å². The second-order valence-corrected chi connectivity index (χ2v) is 5.29. The molecule has 0 aliphatic carbocycles. The van der Waals surface area contributed by atoms with E-state index < -0.39 is 0 Å². The van der Waals surface area contributed by atoms with Crippen LogP contribution < -0.4 is 0 Å². The number of rotatable bonds is 1. The van der Waals surface area contributed by atoms with Crippen LogP contribution in [0, 0.1) is 34.6 Å². The number of aromatic hydroxyl groups is 2. The molecule has 2 rings (SSSR count). The van der Waals surface area contributed by atoms with E-state index in [1.165, 1.54) is 0 Å². The molecule has 2 aromatic rings. The summed E-state index contributed by atoms with van der Waals surface area (Å²) < 4.78 is 0. The van der Waals surface area contributed by atoms with Crippen molar-refractivity contribution in [1.82, 2.24) is 0 Å². The van der Waals surface area contributed by atoms with Crippen molar-refractivity contribution in [2.24, 2.45) is 0 Å². The Kier molecular flexibility index (Phi) is 3.27. The maximum Gasteiger partial charge on any atom is 0.119 e. The second kappa shape index (κ2) is 4.61. The lowest BCUT2D eigenvalue weighted by molar-refractivity contribution is 0.470. The Labute approximate surface area is 114 Å². The predicted molar refractivity (Wildman–Crippen MR) is 78.9 cm³/mol. The van der Waals surface area contributed by atoms with Gasteiger partial charge in [-0.25, -0.2) is 0 Å². The van der Waals surface area contributed by atoms with Crippen LogP contribution in [-0.4, -0.2) is 10.2 Å². The number of aryl methyl sites for hydroxylation is 3. The van der Waals surface area contributed by atoms with Crippen molar-refractivity contribution in [2.75, 3.05) is 0 Å².